The van der Waals surface area contributed by atoms with Crippen LogP contribution in [0, 0.1) is 17.8 Å². The topological polar surface area (TPSA) is 64.4 Å². The third-order valence-electron chi connectivity index (χ3n) is 3.97. The summed E-state index contributed by atoms with van der Waals surface area (Å²) in [7, 11) is 0. The van der Waals surface area contributed by atoms with E-state index in [4.69, 9.17) is 10.5 Å². The van der Waals surface area contributed by atoms with Gasteiger partial charge in [-0.1, -0.05) is 13.8 Å². The van der Waals surface area contributed by atoms with E-state index in [1.165, 1.54) is 0 Å². The molecule has 0 aromatic rings. The Kier molecular flexibility index (Phi) is 7.39. The Balaban J connectivity index is 2.32. The SMILES string of the molecule is CC(C)C[C@H](CN)CC(=O)NC(C)C1CCOCC1. The number of amides is 1. The predicted molar refractivity (Wildman–Crippen MR) is 77.8 cm³/mol. The Labute approximate surface area is 117 Å². The Bertz CT molecular complexity index is 263. The molecule has 1 rings (SSSR count). The van der Waals surface area contributed by atoms with Gasteiger partial charge in [-0.3, -0.25) is 4.79 Å². The normalized spacial score (nSPS) is 20.3. The van der Waals surface area contributed by atoms with Crippen LogP contribution in [0.25, 0.3) is 0 Å². The van der Waals surface area contributed by atoms with Gasteiger partial charge in [0.2, 0.25) is 5.91 Å². The molecule has 0 bridgehead atoms. The van der Waals surface area contributed by atoms with E-state index in [0.717, 1.165) is 32.5 Å². The first-order valence-corrected chi connectivity index (χ1v) is 7.60. The number of carbonyl (C=O) groups is 1. The van der Waals surface area contributed by atoms with Crippen LogP contribution < -0.4 is 11.1 Å². The molecule has 19 heavy (non-hydrogen) atoms. The van der Waals surface area contributed by atoms with Crippen molar-refractivity contribution in [2.75, 3.05) is 19.8 Å². The van der Waals surface area contributed by atoms with Crippen molar-refractivity contribution in [2.24, 2.45) is 23.5 Å². The molecule has 2 atom stereocenters. The molecule has 1 aliphatic rings. The fourth-order valence-electron chi connectivity index (χ4n) is 2.84. The third-order valence-corrected chi connectivity index (χ3v) is 3.97. The van der Waals surface area contributed by atoms with Crippen LogP contribution in [0.5, 0.6) is 0 Å². The second-order valence-corrected chi connectivity index (χ2v) is 6.24. The number of nitrogens with two attached hydrogens (primary N) is 1. The summed E-state index contributed by atoms with van der Waals surface area (Å²) in [4.78, 5) is 12.0. The van der Waals surface area contributed by atoms with Crippen LogP contribution >= 0.6 is 0 Å². The Morgan fingerprint density at radius 1 is 1.32 bits per heavy atom. The van der Waals surface area contributed by atoms with Crippen LogP contribution in [0.2, 0.25) is 0 Å². The number of hydrogen-bond acceptors (Lipinski definition) is 3. The van der Waals surface area contributed by atoms with Crippen molar-refractivity contribution in [1.29, 1.82) is 0 Å². The van der Waals surface area contributed by atoms with Crippen LogP contribution in [-0.2, 0) is 9.53 Å². The first kappa shape index (κ1) is 16.4. The Morgan fingerprint density at radius 3 is 2.47 bits per heavy atom. The number of ether oxygens (including phenoxy) is 1. The molecular formula is C15H30N2O2. The van der Waals surface area contributed by atoms with Gasteiger partial charge in [0.05, 0.1) is 0 Å². The van der Waals surface area contributed by atoms with E-state index < -0.39 is 0 Å². The lowest BCUT2D eigenvalue weighted by Gasteiger charge is -2.29. The molecule has 1 saturated heterocycles. The van der Waals surface area contributed by atoms with E-state index in [1.807, 2.05) is 0 Å². The summed E-state index contributed by atoms with van der Waals surface area (Å²) < 4.78 is 5.35. The minimum Gasteiger partial charge on any atom is -0.381 e. The number of rotatable bonds is 7. The lowest BCUT2D eigenvalue weighted by molar-refractivity contribution is -0.123. The van der Waals surface area contributed by atoms with Gasteiger partial charge < -0.3 is 15.8 Å². The van der Waals surface area contributed by atoms with E-state index in [-0.39, 0.29) is 11.9 Å². The fraction of sp³-hybridized carbons (Fsp3) is 0.933. The standard InChI is InChI=1S/C15H30N2O2/c1-11(2)8-13(10-16)9-15(18)17-12(3)14-4-6-19-7-5-14/h11-14H,4-10,16H2,1-3H3,(H,17,18)/t12?,13-/m0/s1. The molecule has 4 nitrogen and oxygen atoms in total. The van der Waals surface area contributed by atoms with E-state index in [1.54, 1.807) is 0 Å². The summed E-state index contributed by atoms with van der Waals surface area (Å²) in [6, 6.07) is 0.244. The molecule has 0 spiro atoms. The highest BCUT2D eigenvalue weighted by atomic mass is 16.5. The van der Waals surface area contributed by atoms with E-state index >= 15 is 0 Å². The molecule has 0 aromatic heterocycles. The average Bonchev–Trinajstić information content (AvgIpc) is 2.38. The monoisotopic (exact) mass is 270 g/mol. The minimum atomic E-state index is 0.148. The lowest BCUT2D eigenvalue weighted by Crippen LogP contribution is -2.41. The summed E-state index contributed by atoms with van der Waals surface area (Å²) in [6.07, 6.45) is 3.68. The van der Waals surface area contributed by atoms with Crippen molar-refractivity contribution in [1.82, 2.24) is 5.32 Å². The first-order valence-electron chi connectivity index (χ1n) is 7.60. The zero-order valence-corrected chi connectivity index (χ0v) is 12.7. The van der Waals surface area contributed by atoms with E-state index in [2.05, 4.69) is 26.1 Å². The minimum absolute atomic E-state index is 0.148. The molecule has 0 saturated carbocycles. The molecule has 1 fully saturated rings. The summed E-state index contributed by atoms with van der Waals surface area (Å²) in [5, 5.41) is 3.14. The molecular weight excluding hydrogens is 240 g/mol. The molecule has 3 N–H and O–H groups in total. The van der Waals surface area contributed by atoms with Gasteiger partial charge in [-0.05, 0) is 50.5 Å². The molecule has 1 amide bonds. The third kappa shape index (κ3) is 6.39. The molecule has 1 heterocycles. The smallest absolute Gasteiger partial charge is 0.220 e. The number of carbonyl (C=O) groups excluding carboxylic acids is 1. The van der Waals surface area contributed by atoms with E-state index in [0.29, 0.717) is 30.7 Å². The molecule has 0 radical (unpaired) electrons. The summed E-state index contributed by atoms with van der Waals surface area (Å²) in [6.45, 7) is 8.69. The quantitative estimate of drug-likeness (QED) is 0.743. The summed E-state index contributed by atoms with van der Waals surface area (Å²) in [5.74, 6) is 1.60. The lowest BCUT2D eigenvalue weighted by atomic mass is 9.91. The van der Waals surface area contributed by atoms with Gasteiger partial charge in [-0.2, -0.15) is 0 Å². The molecule has 0 aliphatic carbocycles. The van der Waals surface area contributed by atoms with Crippen LogP contribution in [0.15, 0.2) is 0 Å². The van der Waals surface area contributed by atoms with Gasteiger partial charge in [0.1, 0.15) is 0 Å². The average molecular weight is 270 g/mol. The highest BCUT2D eigenvalue weighted by molar-refractivity contribution is 5.76. The molecule has 0 aromatic carbocycles. The Morgan fingerprint density at radius 2 is 1.95 bits per heavy atom. The van der Waals surface area contributed by atoms with E-state index in [9.17, 15) is 4.79 Å². The second-order valence-electron chi connectivity index (χ2n) is 6.24. The van der Waals surface area contributed by atoms with Crippen molar-refractivity contribution >= 4 is 5.91 Å². The van der Waals surface area contributed by atoms with Crippen molar-refractivity contribution in [2.45, 2.75) is 52.5 Å². The van der Waals surface area contributed by atoms with Crippen molar-refractivity contribution in [3.8, 4) is 0 Å². The summed E-state index contributed by atoms with van der Waals surface area (Å²) in [5.41, 5.74) is 5.75. The van der Waals surface area contributed by atoms with Gasteiger partial charge >= 0.3 is 0 Å². The van der Waals surface area contributed by atoms with Crippen LogP contribution in [0.3, 0.4) is 0 Å². The maximum Gasteiger partial charge on any atom is 0.220 e. The van der Waals surface area contributed by atoms with Crippen LogP contribution in [-0.4, -0.2) is 31.7 Å². The largest absolute Gasteiger partial charge is 0.381 e. The fourth-order valence-corrected chi connectivity index (χ4v) is 2.84. The summed E-state index contributed by atoms with van der Waals surface area (Å²) >= 11 is 0. The van der Waals surface area contributed by atoms with Gasteiger partial charge in [0.15, 0.2) is 0 Å². The molecule has 1 aliphatic heterocycles. The van der Waals surface area contributed by atoms with Crippen molar-refractivity contribution in [3.05, 3.63) is 0 Å². The van der Waals surface area contributed by atoms with Crippen molar-refractivity contribution < 1.29 is 9.53 Å². The van der Waals surface area contributed by atoms with Crippen LogP contribution in [0.4, 0.5) is 0 Å². The number of nitrogens with one attached hydrogen (secondary N) is 1. The van der Waals surface area contributed by atoms with Gasteiger partial charge in [0.25, 0.3) is 0 Å². The molecule has 112 valence electrons. The molecule has 1 unspecified atom stereocenters. The van der Waals surface area contributed by atoms with Crippen molar-refractivity contribution in [3.63, 3.8) is 0 Å². The second kappa shape index (κ2) is 8.54. The van der Waals surface area contributed by atoms with Gasteiger partial charge in [-0.25, -0.2) is 0 Å². The Hall–Kier alpha value is -0.610. The zero-order valence-electron chi connectivity index (χ0n) is 12.7. The van der Waals surface area contributed by atoms with Gasteiger partial charge in [0, 0.05) is 25.7 Å². The first-order chi connectivity index (χ1) is 9.02. The van der Waals surface area contributed by atoms with Crippen LogP contribution in [0.1, 0.15) is 46.5 Å². The zero-order chi connectivity index (χ0) is 14.3. The highest BCUT2D eigenvalue weighted by Gasteiger charge is 2.22. The van der Waals surface area contributed by atoms with Gasteiger partial charge in [-0.15, -0.1) is 0 Å². The maximum absolute atomic E-state index is 12.0. The maximum atomic E-state index is 12.0. The molecule has 4 heteroatoms. The number of hydrogen-bond donors (Lipinski definition) is 2. The predicted octanol–water partition coefficient (Wildman–Crippen LogP) is 1.93. The highest BCUT2D eigenvalue weighted by Crippen LogP contribution is 2.19.